The summed E-state index contributed by atoms with van der Waals surface area (Å²) in [6.07, 6.45) is -2.20. The van der Waals surface area contributed by atoms with Gasteiger partial charge in [-0.15, -0.1) is 0 Å². The lowest BCUT2D eigenvalue weighted by atomic mass is 10.0. The molecule has 1 aromatic carbocycles. The summed E-state index contributed by atoms with van der Waals surface area (Å²) in [5, 5.41) is 9.31. The van der Waals surface area contributed by atoms with Crippen molar-refractivity contribution in [3.8, 4) is 34.3 Å². The lowest BCUT2D eigenvalue weighted by Gasteiger charge is -2.10. The van der Waals surface area contributed by atoms with Gasteiger partial charge in [-0.1, -0.05) is 12.1 Å². The number of nitrogen functional groups attached to an aromatic ring is 1. The number of nitrogens with zero attached hydrogens (tertiary/aromatic N) is 3. The van der Waals surface area contributed by atoms with Gasteiger partial charge < -0.3 is 15.5 Å². The Balaban J connectivity index is 2.04. The van der Waals surface area contributed by atoms with Crippen LogP contribution in [0.4, 0.5) is 19.0 Å². The molecule has 10 heteroatoms. The number of esters is 1. The lowest BCUT2D eigenvalue weighted by molar-refractivity contribution is -0.189. The molecule has 3 rings (SSSR count). The number of aromatic amines is 1. The average Bonchev–Trinajstić information content (AvgIpc) is 3.15. The summed E-state index contributed by atoms with van der Waals surface area (Å²) < 4.78 is 41.4. The number of nitrogens with two attached hydrogens (primary N) is 1. The first-order valence-electron chi connectivity index (χ1n) is 7.38. The average molecular weight is 373 g/mol. The third-order valence-corrected chi connectivity index (χ3v) is 3.52. The third kappa shape index (κ3) is 3.72. The minimum absolute atomic E-state index is 0.0581. The molecule has 0 atom stereocenters. The summed E-state index contributed by atoms with van der Waals surface area (Å²) in [5.74, 6) is -2.69. The van der Waals surface area contributed by atoms with Gasteiger partial charge in [0.05, 0.1) is 23.9 Å². The molecule has 0 aliphatic carbocycles. The molecule has 0 radical (unpaired) electrons. The molecule has 3 N–H and O–H groups in total. The molecule has 0 bridgehead atoms. The van der Waals surface area contributed by atoms with Crippen molar-refractivity contribution in [2.24, 2.45) is 0 Å². The quantitative estimate of drug-likeness (QED) is 0.538. The van der Waals surface area contributed by atoms with E-state index < -0.39 is 12.1 Å². The van der Waals surface area contributed by atoms with Crippen LogP contribution in [0, 0.1) is 11.3 Å². The van der Waals surface area contributed by atoms with Gasteiger partial charge in [0.25, 0.3) is 0 Å². The number of halogens is 3. The molecule has 2 aromatic heterocycles. The van der Waals surface area contributed by atoms with Gasteiger partial charge in [-0.25, -0.2) is 14.8 Å². The highest BCUT2D eigenvalue weighted by molar-refractivity contribution is 5.80. The first-order chi connectivity index (χ1) is 12.8. The Kier molecular flexibility index (Phi) is 4.51. The second-order valence-electron chi connectivity index (χ2n) is 5.31. The fourth-order valence-electron chi connectivity index (χ4n) is 2.33. The Morgan fingerprint density at radius 1 is 1.30 bits per heavy atom. The molecule has 0 aliphatic heterocycles. The molecule has 0 fully saturated rings. The van der Waals surface area contributed by atoms with Crippen LogP contribution in [0.1, 0.15) is 5.56 Å². The van der Waals surface area contributed by atoms with Crippen molar-refractivity contribution in [1.29, 1.82) is 5.26 Å². The van der Waals surface area contributed by atoms with Crippen molar-refractivity contribution in [3.05, 3.63) is 48.4 Å². The van der Waals surface area contributed by atoms with E-state index in [4.69, 9.17) is 5.73 Å². The molecular formula is C17H10F3N5O2. The minimum atomic E-state index is -5.11. The number of hydrogen-bond donors (Lipinski definition) is 2. The van der Waals surface area contributed by atoms with E-state index in [1.807, 2.05) is 6.07 Å². The SMILES string of the molecule is N#Cc1c(-c2cnc[nH]2)cc(-c2cccc(OC(=O)C(F)(F)F)c2)nc1N. The molecule has 3 aromatic rings. The van der Waals surface area contributed by atoms with Crippen LogP contribution >= 0.6 is 0 Å². The Morgan fingerprint density at radius 3 is 2.70 bits per heavy atom. The summed E-state index contributed by atoms with van der Waals surface area (Å²) in [4.78, 5) is 21.8. The first kappa shape index (κ1) is 17.9. The largest absolute Gasteiger partial charge is 0.491 e. The van der Waals surface area contributed by atoms with Crippen molar-refractivity contribution >= 4 is 11.8 Å². The summed E-state index contributed by atoms with van der Waals surface area (Å²) >= 11 is 0. The summed E-state index contributed by atoms with van der Waals surface area (Å²) in [5.41, 5.74) is 7.54. The van der Waals surface area contributed by atoms with E-state index in [1.165, 1.54) is 36.8 Å². The van der Waals surface area contributed by atoms with Crippen LogP contribution in [0.3, 0.4) is 0 Å². The second kappa shape index (κ2) is 6.80. The van der Waals surface area contributed by atoms with E-state index in [0.717, 1.165) is 0 Å². The number of anilines is 1. The van der Waals surface area contributed by atoms with Crippen LogP contribution in [-0.2, 0) is 4.79 Å². The van der Waals surface area contributed by atoms with Crippen molar-refractivity contribution in [1.82, 2.24) is 15.0 Å². The Morgan fingerprint density at radius 2 is 2.07 bits per heavy atom. The van der Waals surface area contributed by atoms with Gasteiger partial charge in [-0.3, -0.25) is 0 Å². The van der Waals surface area contributed by atoms with Gasteiger partial charge in [0.1, 0.15) is 23.2 Å². The van der Waals surface area contributed by atoms with E-state index in [-0.39, 0.29) is 22.8 Å². The molecule has 0 unspecified atom stereocenters. The monoisotopic (exact) mass is 373 g/mol. The van der Waals surface area contributed by atoms with Crippen LogP contribution in [-0.4, -0.2) is 27.1 Å². The van der Waals surface area contributed by atoms with E-state index in [9.17, 15) is 23.2 Å². The van der Waals surface area contributed by atoms with Crippen LogP contribution in [0.2, 0.25) is 0 Å². The minimum Gasteiger partial charge on any atom is -0.420 e. The molecule has 7 nitrogen and oxygen atoms in total. The maximum Gasteiger partial charge on any atom is 0.491 e. The smallest absolute Gasteiger partial charge is 0.420 e. The maximum atomic E-state index is 12.4. The summed E-state index contributed by atoms with van der Waals surface area (Å²) in [7, 11) is 0. The maximum absolute atomic E-state index is 12.4. The number of nitriles is 1. The zero-order valence-corrected chi connectivity index (χ0v) is 13.4. The highest BCUT2D eigenvalue weighted by Gasteiger charge is 2.41. The number of rotatable bonds is 3. The molecule has 2 heterocycles. The zero-order chi connectivity index (χ0) is 19.6. The second-order valence-corrected chi connectivity index (χ2v) is 5.31. The van der Waals surface area contributed by atoms with Crippen LogP contribution in [0.5, 0.6) is 5.75 Å². The number of nitrogens with one attached hydrogen (secondary N) is 1. The fraction of sp³-hybridized carbons (Fsp3) is 0.0588. The molecular weight excluding hydrogens is 363 g/mol. The molecule has 136 valence electrons. The van der Waals surface area contributed by atoms with Crippen LogP contribution in [0.15, 0.2) is 42.9 Å². The molecule has 0 amide bonds. The van der Waals surface area contributed by atoms with Crippen molar-refractivity contribution in [2.45, 2.75) is 6.18 Å². The third-order valence-electron chi connectivity index (χ3n) is 3.52. The Hall–Kier alpha value is -3.87. The predicted octanol–water partition coefficient (Wildman–Crippen LogP) is 3.06. The zero-order valence-electron chi connectivity index (χ0n) is 13.4. The van der Waals surface area contributed by atoms with Gasteiger partial charge in [0, 0.05) is 11.1 Å². The molecule has 0 spiro atoms. The number of hydrogen-bond acceptors (Lipinski definition) is 6. The van der Waals surface area contributed by atoms with E-state index in [1.54, 1.807) is 6.07 Å². The summed E-state index contributed by atoms with van der Waals surface area (Å²) in [6.45, 7) is 0. The Bertz CT molecular complexity index is 1040. The number of H-pyrrole nitrogens is 1. The fourth-order valence-corrected chi connectivity index (χ4v) is 2.33. The Labute approximate surface area is 150 Å². The number of aromatic nitrogens is 3. The van der Waals surface area contributed by atoms with Crippen LogP contribution in [0.25, 0.3) is 22.5 Å². The molecule has 0 aliphatic rings. The van der Waals surface area contributed by atoms with Crippen molar-refractivity contribution in [3.63, 3.8) is 0 Å². The number of pyridine rings is 1. The molecule has 27 heavy (non-hydrogen) atoms. The summed E-state index contributed by atoms with van der Waals surface area (Å²) in [6, 6.07) is 8.87. The van der Waals surface area contributed by atoms with Gasteiger partial charge in [0.15, 0.2) is 0 Å². The van der Waals surface area contributed by atoms with Gasteiger partial charge in [0.2, 0.25) is 0 Å². The van der Waals surface area contributed by atoms with Crippen molar-refractivity contribution in [2.75, 3.05) is 5.73 Å². The van der Waals surface area contributed by atoms with Gasteiger partial charge >= 0.3 is 12.1 Å². The van der Waals surface area contributed by atoms with E-state index in [0.29, 0.717) is 16.8 Å². The standard InChI is InChI=1S/C17H10F3N5O2/c18-17(19,20)16(26)27-10-3-1-2-9(4-10)13-5-11(14-7-23-8-24-14)12(6-21)15(22)25-13/h1-5,7-8H,(H2,22,25)(H,23,24). The number of alkyl halides is 3. The van der Waals surface area contributed by atoms with E-state index >= 15 is 0 Å². The van der Waals surface area contributed by atoms with Gasteiger partial charge in [-0.05, 0) is 18.2 Å². The number of carbonyl (C=O) groups excluding carboxylic acids is 1. The van der Waals surface area contributed by atoms with Crippen LogP contribution < -0.4 is 10.5 Å². The lowest BCUT2D eigenvalue weighted by Crippen LogP contribution is -2.27. The van der Waals surface area contributed by atoms with Crippen molar-refractivity contribution < 1.29 is 22.7 Å². The molecule has 0 saturated carbocycles. The highest BCUT2D eigenvalue weighted by atomic mass is 19.4. The number of carbonyl (C=O) groups is 1. The molecule has 0 saturated heterocycles. The van der Waals surface area contributed by atoms with Gasteiger partial charge in [-0.2, -0.15) is 18.4 Å². The number of benzene rings is 1. The first-order valence-corrected chi connectivity index (χ1v) is 7.38. The highest BCUT2D eigenvalue weighted by Crippen LogP contribution is 2.31. The number of imidazole rings is 1. The topological polar surface area (TPSA) is 118 Å². The predicted molar refractivity (Wildman–Crippen MR) is 88.1 cm³/mol. The van der Waals surface area contributed by atoms with E-state index in [2.05, 4.69) is 19.7 Å². The number of ether oxygens (including phenoxy) is 1. The normalized spacial score (nSPS) is 11.0.